The molecule has 0 bridgehead atoms. The Morgan fingerprint density at radius 2 is 1.83 bits per heavy atom. The van der Waals surface area contributed by atoms with Crippen molar-refractivity contribution < 1.29 is 13.2 Å². The molecule has 3 rings (SSSR count). The van der Waals surface area contributed by atoms with Crippen molar-refractivity contribution in [3.05, 3.63) is 66.5 Å². The van der Waals surface area contributed by atoms with Crippen LogP contribution in [0.25, 0.3) is 11.4 Å². The van der Waals surface area contributed by atoms with E-state index in [-0.39, 0.29) is 4.90 Å². The fourth-order valence-corrected chi connectivity index (χ4v) is 3.58. The van der Waals surface area contributed by atoms with Gasteiger partial charge >= 0.3 is 0 Å². The fraction of sp³-hybridized carbons (Fsp3) is 0.118. The van der Waals surface area contributed by atoms with Gasteiger partial charge in [-0.1, -0.05) is 29.8 Å². The predicted octanol–water partition coefficient (Wildman–Crippen LogP) is 3.10. The molecule has 6 heteroatoms. The minimum Gasteiger partial charge on any atom is -0.497 e. The van der Waals surface area contributed by atoms with Crippen LogP contribution in [0.15, 0.2) is 65.8 Å². The normalized spacial score (nSPS) is 11.4. The smallest absolute Gasteiger partial charge is 0.269 e. The van der Waals surface area contributed by atoms with Gasteiger partial charge < -0.3 is 4.74 Å². The summed E-state index contributed by atoms with van der Waals surface area (Å²) in [6, 6.07) is 13.9. The molecule has 0 atom stereocenters. The Balaban J connectivity index is 2.11. The number of hydrogen-bond acceptors (Lipinski definition) is 4. The predicted molar refractivity (Wildman–Crippen MR) is 88.0 cm³/mol. The van der Waals surface area contributed by atoms with Crippen molar-refractivity contribution >= 4 is 10.0 Å². The lowest BCUT2D eigenvalue weighted by Crippen LogP contribution is -2.13. The van der Waals surface area contributed by atoms with Gasteiger partial charge in [-0.15, -0.1) is 0 Å². The monoisotopic (exact) mass is 328 g/mol. The van der Waals surface area contributed by atoms with Gasteiger partial charge in [0.15, 0.2) is 5.82 Å². The molecule has 0 radical (unpaired) electrons. The zero-order chi connectivity index (χ0) is 16.4. The van der Waals surface area contributed by atoms with Crippen molar-refractivity contribution in [3.8, 4) is 17.1 Å². The first-order chi connectivity index (χ1) is 11.0. The largest absolute Gasteiger partial charge is 0.497 e. The number of aryl methyl sites for hydroxylation is 1. The van der Waals surface area contributed by atoms with E-state index in [2.05, 4.69) is 4.98 Å². The molecule has 0 saturated carbocycles. The van der Waals surface area contributed by atoms with Crippen molar-refractivity contribution in [2.24, 2.45) is 0 Å². The van der Waals surface area contributed by atoms with Crippen LogP contribution in [0.4, 0.5) is 0 Å². The van der Waals surface area contributed by atoms with Gasteiger partial charge in [0.25, 0.3) is 10.0 Å². The van der Waals surface area contributed by atoms with Crippen LogP contribution < -0.4 is 4.74 Å². The summed E-state index contributed by atoms with van der Waals surface area (Å²) < 4.78 is 32.1. The second-order valence-corrected chi connectivity index (χ2v) is 6.91. The first-order valence-corrected chi connectivity index (χ1v) is 8.46. The van der Waals surface area contributed by atoms with E-state index in [1.807, 2.05) is 6.92 Å². The number of ether oxygens (including phenoxy) is 1. The van der Waals surface area contributed by atoms with E-state index in [9.17, 15) is 8.42 Å². The second kappa shape index (κ2) is 5.89. The Morgan fingerprint density at radius 3 is 2.52 bits per heavy atom. The first-order valence-electron chi connectivity index (χ1n) is 7.02. The topological polar surface area (TPSA) is 61.2 Å². The molecule has 0 aliphatic heterocycles. The molecule has 0 aliphatic carbocycles. The SMILES string of the molecule is COc1cccc(-c2nccn2S(=O)(=O)c2ccc(C)cc2)c1. The number of methoxy groups -OCH3 is 1. The number of nitrogens with zero attached hydrogens (tertiary/aromatic N) is 2. The summed E-state index contributed by atoms with van der Waals surface area (Å²) in [7, 11) is -2.13. The maximum absolute atomic E-state index is 12.8. The maximum atomic E-state index is 12.8. The minimum absolute atomic E-state index is 0.227. The van der Waals surface area contributed by atoms with Crippen LogP contribution in [0, 0.1) is 6.92 Å². The third-order valence-electron chi connectivity index (χ3n) is 3.51. The molecule has 0 saturated heterocycles. The van der Waals surface area contributed by atoms with E-state index in [0.29, 0.717) is 17.1 Å². The van der Waals surface area contributed by atoms with E-state index < -0.39 is 10.0 Å². The third-order valence-corrected chi connectivity index (χ3v) is 5.19. The van der Waals surface area contributed by atoms with Gasteiger partial charge in [-0.05, 0) is 31.2 Å². The summed E-state index contributed by atoms with van der Waals surface area (Å²) in [5.41, 5.74) is 1.67. The summed E-state index contributed by atoms with van der Waals surface area (Å²) in [5, 5.41) is 0. The van der Waals surface area contributed by atoms with Crippen LogP contribution in [0.1, 0.15) is 5.56 Å². The lowest BCUT2D eigenvalue weighted by molar-refractivity contribution is 0.415. The van der Waals surface area contributed by atoms with Crippen molar-refractivity contribution in [1.29, 1.82) is 0 Å². The van der Waals surface area contributed by atoms with Crippen LogP contribution in [0.5, 0.6) is 5.75 Å². The first kappa shape index (κ1) is 15.3. The van der Waals surface area contributed by atoms with Crippen LogP contribution >= 0.6 is 0 Å². The molecule has 0 N–H and O–H groups in total. The molecule has 0 spiro atoms. The highest BCUT2D eigenvalue weighted by Crippen LogP contribution is 2.25. The molecule has 23 heavy (non-hydrogen) atoms. The molecular formula is C17H16N2O3S. The standard InChI is InChI=1S/C17H16N2O3S/c1-13-6-8-16(9-7-13)23(20,21)19-11-10-18-17(19)14-4-3-5-15(12-14)22-2/h3-12H,1-2H3. The van der Waals surface area contributed by atoms with E-state index in [0.717, 1.165) is 5.56 Å². The number of rotatable bonds is 4. The molecule has 0 amide bonds. The molecule has 0 fully saturated rings. The van der Waals surface area contributed by atoms with Crippen LogP contribution in [0.2, 0.25) is 0 Å². The Kier molecular flexibility index (Phi) is 3.92. The van der Waals surface area contributed by atoms with E-state index in [1.54, 1.807) is 55.6 Å². The average molecular weight is 328 g/mol. The molecule has 1 aromatic heterocycles. The Labute approximate surface area is 135 Å². The Morgan fingerprint density at radius 1 is 1.09 bits per heavy atom. The zero-order valence-corrected chi connectivity index (χ0v) is 13.6. The highest BCUT2D eigenvalue weighted by Gasteiger charge is 2.21. The molecular weight excluding hydrogens is 312 g/mol. The minimum atomic E-state index is -3.70. The van der Waals surface area contributed by atoms with Crippen LogP contribution in [0.3, 0.4) is 0 Å². The zero-order valence-electron chi connectivity index (χ0n) is 12.8. The van der Waals surface area contributed by atoms with Gasteiger partial charge in [0.1, 0.15) is 5.75 Å². The van der Waals surface area contributed by atoms with Crippen LogP contribution in [-0.4, -0.2) is 24.5 Å². The Hall–Kier alpha value is -2.60. The van der Waals surface area contributed by atoms with Crippen molar-refractivity contribution in [3.63, 3.8) is 0 Å². The Bertz CT molecular complexity index is 928. The van der Waals surface area contributed by atoms with Gasteiger partial charge in [0.05, 0.1) is 12.0 Å². The molecule has 118 valence electrons. The highest BCUT2D eigenvalue weighted by atomic mass is 32.2. The molecule has 5 nitrogen and oxygen atoms in total. The van der Waals surface area contributed by atoms with Crippen LogP contribution in [-0.2, 0) is 10.0 Å². The summed E-state index contributed by atoms with van der Waals surface area (Å²) in [4.78, 5) is 4.43. The van der Waals surface area contributed by atoms with Crippen molar-refractivity contribution in [2.75, 3.05) is 7.11 Å². The number of benzene rings is 2. The van der Waals surface area contributed by atoms with Gasteiger partial charge in [-0.2, -0.15) is 0 Å². The van der Waals surface area contributed by atoms with E-state index >= 15 is 0 Å². The summed E-state index contributed by atoms with van der Waals surface area (Å²) in [6.07, 6.45) is 2.92. The molecule has 0 unspecified atom stereocenters. The maximum Gasteiger partial charge on any atom is 0.269 e. The molecule has 3 aromatic rings. The summed E-state index contributed by atoms with van der Waals surface area (Å²) >= 11 is 0. The average Bonchev–Trinajstić information content (AvgIpc) is 3.06. The van der Waals surface area contributed by atoms with Gasteiger partial charge in [-0.25, -0.2) is 17.4 Å². The lowest BCUT2D eigenvalue weighted by Gasteiger charge is -2.10. The van der Waals surface area contributed by atoms with Crippen molar-refractivity contribution in [1.82, 2.24) is 8.96 Å². The fourth-order valence-electron chi connectivity index (χ4n) is 2.27. The highest BCUT2D eigenvalue weighted by molar-refractivity contribution is 7.90. The van der Waals surface area contributed by atoms with Gasteiger partial charge in [0.2, 0.25) is 0 Å². The summed E-state index contributed by atoms with van der Waals surface area (Å²) in [6.45, 7) is 1.91. The third kappa shape index (κ3) is 2.85. The number of hydrogen-bond donors (Lipinski definition) is 0. The van der Waals surface area contributed by atoms with E-state index in [4.69, 9.17) is 4.74 Å². The van der Waals surface area contributed by atoms with Gasteiger partial charge in [0, 0.05) is 18.0 Å². The molecule has 2 aromatic carbocycles. The quantitative estimate of drug-likeness (QED) is 0.738. The number of imidazole rings is 1. The lowest BCUT2D eigenvalue weighted by atomic mass is 10.2. The van der Waals surface area contributed by atoms with Crippen molar-refractivity contribution in [2.45, 2.75) is 11.8 Å². The van der Waals surface area contributed by atoms with Gasteiger partial charge in [-0.3, -0.25) is 0 Å². The van der Waals surface area contributed by atoms with E-state index in [1.165, 1.54) is 16.4 Å². The molecule has 0 aliphatic rings. The second-order valence-electron chi connectivity index (χ2n) is 5.10. The summed E-state index contributed by atoms with van der Waals surface area (Å²) in [5.74, 6) is 0.995. The molecule has 1 heterocycles. The number of aromatic nitrogens is 2.